The first-order valence-corrected chi connectivity index (χ1v) is 4.84. The highest BCUT2D eigenvalue weighted by Gasteiger charge is 2.04. The Bertz CT molecular complexity index is 190. The molecule has 0 amide bonds. The van der Waals surface area contributed by atoms with Crippen LogP contribution >= 0.6 is 31.9 Å². The van der Waals surface area contributed by atoms with Crippen molar-refractivity contribution in [3.8, 4) is 0 Å². The van der Waals surface area contributed by atoms with Gasteiger partial charge in [0.2, 0.25) is 0 Å². The first-order valence-electron chi connectivity index (χ1n) is 2.80. The lowest BCUT2D eigenvalue weighted by atomic mass is 10.4. The van der Waals surface area contributed by atoms with E-state index in [9.17, 15) is 0 Å². The van der Waals surface area contributed by atoms with Crippen LogP contribution in [0.3, 0.4) is 0 Å². The summed E-state index contributed by atoms with van der Waals surface area (Å²) >= 11 is 6.77. The van der Waals surface area contributed by atoms with Crippen LogP contribution < -0.4 is 0 Å². The minimum atomic E-state index is 0.265. The Hall–Kier alpha value is 0.0400. The number of nitrogens with zero attached hydrogens (tertiary/aromatic N) is 2. The number of halogens is 2. The second-order valence-electron chi connectivity index (χ2n) is 1.75. The van der Waals surface area contributed by atoms with Gasteiger partial charge < -0.3 is 0 Å². The van der Waals surface area contributed by atoms with E-state index in [1.54, 1.807) is 18.6 Å². The number of alkyl halides is 2. The van der Waals surface area contributed by atoms with Crippen LogP contribution in [0.5, 0.6) is 0 Å². The third kappa shape index (κ3) is 2.02. The molecule has 4 heteroatoms. The summed E-state index contributed by atoms with van der Waals surface area (Å²) in [6.07, 6.45) is 5.10. The molecule has 0 saturated carbocycles. The first kappa shape index (κ1) is 8.14. The van der Waals surface area contributed by atoms with Crippen LogP contribution in [0.25, 0.3) is 0 Å². The van der Waals surface area contributed by atoms with Crippen LogP contribution in [0.2, 0.25) is 0 Å². The van der Waals surface area contributed by atoms with Crippen LogP contribution in [0.1, 0.15) is 10.5 Å². The molecular weight excluding hydrogens is 260 g/mol. The van der Waals surface area contributed by atoms with Crippen molar-refractivity contribution < 1.29 is 0 Å². The molecule has 0 spiro atoms. The van der Waals surface area contributed by atoms with Crippen LogP contribution in [-0.4, -0.2) is 15.3 Å². The van der Waals surface area contributed by atoms with Gasteiger partial charge in [0.05, 0.1) is 10.5 Å². The normalized spacial score (nSPS) is 13.0. The summed E-state index contributed by atoms with van der Waals surface area (Å²) in [7, 11) is 0. The Morgan fingerprint density at radius 1 is 1.50 bits per heavy atom. The molecule has 2 nitrogen and oxygen atoms in total. The molecule has 1 rings (SSSR count). The third-order valence-electron chi connectivity index (χ3n) is 1.04. The standard InChI is InChI=1S/C6H6Br2N2/c7-3-5(8)6-4-9-1-2-10-6/h1-2,4-5H,3H2. The van der Waals surface area contributed by atoms with E-state index < -0.39 is 0 Å². The molecule has 1 aromatic heterocycles. The second kappa shape index (κ2) is 4.03. The van der Waals surface area contributed by atoms with Gasteiger partial charge in [0, 0.05) is 23.9 Å². The summed E-state index contributed by atoms with van der Waals surface area (Å²) in [4.78, 5) is 8.32. The highest BCUT2D eigenvalue weighted by atomic mass is 79.9. The lowest BCUT2D eigenvalue weighted by Crippen LogP contribution is -1.94. The fourth-order valence-corrected chi connectivity index (χ4v) is 1.12. The van der Waals surface area contributed by atoms with Crippen molar-refractivity contribution in [3.63, 3.8) is 0 Å². The number of aromatic nitrogens is 2. The van der Waals surface area contributed by atoms with Crippen molar-refractivity contribution in [2.75, 3.05) is 5.33 Å². The molecule has 0 saturated heterocycles. The summed E-state index contributed by atoms with van der Waals surface area (Å²) < 4.78 is 0. The number of hydrogen-bond acceptors (Lipinski definition) is 2. The third-order valence-corrected chi connectivity index (χ3v) is 3.35. The van der Waals surface area contributed by atoms with Crippen LogP contribution in [0.4, 0.5) is 0 Å². The summed E-state index contributed by atoms with van der Waals surface area (Å²) in [6, 6.07) is 0. The zero-order chi connectivity index (χ0) is 7.40. The Morgan fingerprint density at radius 2 is 2.30 bits per heavy atom. The van der Waals surface area contributed by atoms with E-state index in [2.05, 4.69) is 41.8 Å². The summed E-state index contributed by atoms with van der Waals surface area (Å²) in [6.45, 7) is 0. The zero-order valence-electron chi connectivity index (χ0n) is 5.17. The predicted molar refractivity (Wildman–Crippen MR) is 47.5 cm³/mol. The molecule has 1 aromatic rings. The minimum absolute atomic E-state index is 0.265. The fourth-order valence-electron chi connectivity index (χ4n) is 0.551. The molecule has 0 bridgehead atoms. The molecule has 54 valence electrons. The fraction of sp³-hybridized carbons (Fsp3) is 0.333. The van der Waals surface area contributed by atoms with Crippen molar-refractivity contribution in [2.24, 2.45) is 0 Å². The molecule has 0 aliphatic heterocycles. The van der Waals surface area contributed by atoms with Gasteiger partial charge in [-0.05, 0) is 0 Å². The summed E-state index contributed by atoms with van der Waals surface area (Å²) in [5, 5.41) is 0.853. The Labute approximate surface area is 76.3 Å². The molecular formula is C6H6Br2N2. The van der Waals surface area contributed by atoms with Crippen molar-refractivity contribution in [1.82, 2.24) is 9.97 Å². The lowest BCUT2D eigenvalue weighted by molar-refractivity contribution is 1.00. The van der Waals surface area contributed by atoms with E-state index in [0.717, 1.165) is 11.0 Å². The topological polar surface area (TPSA) is 25.8 Å². The van der Waals surface area contributed by atoms with E-state index in [1.807, 2.05) is 0 Å². The maximum Gasteiger partial charge on any atom is 0.0731 e. The molecule has 0 N–H and O–H groups in total. The SMILES string of the molecule is BrCC(Br)c1cnccn1. The van der Waals surface area contributed by atoms with Crippen molar-refractivity contribution >= 4 is 31.9 Å². The molecule has 1 unspecified atom stereocenters. The van der Waals surface area contributed by atoms with Crippen LogP contribution in [0, 0.1) is 0 Å². The highest BCUT2D eigenvalue weighted by molar-refractivity contribution is 9.12. The number of hydrogen-bond donors (Lipinski definition) is 0. The molecule has 0 aliphatic rings. The van der Waals surface area contributed by atoms with Gasteiger partial charge in [0.25, 0.3) is 0 Å². The highest BCUT2D eigenvalue weighted by Crippen LogP contribution is 2.21. The zero-order valence-corrected chi connectivity index (χ0v) is 8.34. The first-order chi connectivity index (χ1) is 4.84. The van der Waals surface area contributed by atoms with Gasteiger partial charge in [-0.25, -0.2) is 0 Å². The molecule has 1 heterocycles. The van der Waals surface area contributed by atoms with Gasteiger partial charge in [0.1, 0.15) is 0 Å². The molecule has 10 heavy (non-hydrogen) atoms. The van der Waals surface area contributed by atoms with E-state index in [-0.39, 0.29) is 4.83 Å². The van der Waals surface area contributed by atoms with E-state index >= 15 is 0 Å². The van der Waals surface area contributed by atoms with Gasteiger partial charge in [0.15, 0.2) is 0 Å². The van der Waals surface area contributed by atoms with Gasteiger partial charge in [-0.2, -0.15) is 0 Å². The molecule has 0 aromatic carbocycles. The summed E-state index contributed by atoms with van der Waals surface area (Å²) in [5.41, 5.74) is 0.958. The molecule has 0 fully saturated rings. The maximum absolute atomic E-state index is 4.11. The van der Waals surface area contributed by atoms with Crippen molar-refractivity contribution in [2.45, 2.75) is 4.83 Å². The Kier molecular flexibility index (Phi) is 3.28. The van der Waals surface area contributed by atoms with Crippen molar-refractivity contribution in [1.29, 1.82) is 0 Å². The monoisotopic (exact) mass is 264 g/mol. The van der Waals surface area contributed by atoms with Crippen LogP contribution in [0.15, 0.2) is 18.6 Å². The minimum Gasteiger partial charge on any atom is -0.261 e. The Balaban J connectivity index is 2.75. The average Bonchev–Trinajstić information content (AvgIpc) is 2.05. The van der Waals surface area contributed by atoms with Gasteiger partial charge in [-0.15, -0.1) is 0 Å². The van der Waals surface area contributed by atoms with Crippen LogP contribution in [-0.2, 0) is 0 Å². The quantitative estimate of drug-likeness (QED) is 0.767. The van der Waals surface area contributed by atoms with Gasteiger partial charge in [-0.1, -0.05) is 31.9 Å². The molecule has 0 aliphatic carbocycles. The average molecular weight is 266 g/mol. The van der Waals surface area contributed by atoms with E-state index in [4.69, 9.17) is 0 Å². The van der Waals surface area contributed by atoms with E-state index in [0.29, 0.717) is 0 Å². The number of rotatable bonds is 2. The predicted octanol–water partition coefficient (Wildman–Crippen LogP) is 2.31. The molecule has 0 radical (unpaired) electrons. The van der Waals surface area contributed by atoms with Gasteiger partial charge >= 0.3 is 0 Å². The summed E-state index contributed by atoms with van der Waals surface area (Å²) in [5.74, 6) is 0. The smallest absolute Gasteiger partial charge is 0.0731 e. The van der Waals surface area contributed by atoms with E-state index in [1.165, 1.54) is 0 Å². The lowest BCUT2D eigenvalue weighted by Gasteiger charge is -2.01. The van der Waals surface area contributed by atoms with Gasteiger partial charge in [-0.3, -0.25) is 9.97 Å². The van der Waals surface area contributed by atoms with Crippen molar-refractivity contribution in [3.05, 3.63) is 24.3 Å². The second-order valence-corrected chi connectivity index (χ2v) is 3.50. The largest absolute Gasteiger partial charge is 0.261 e. The maximum atomic E-state index is 4.11. The Morgan fingerprint density at radius 3 is 2.80 bits per heavy atom. The molecule has 1 atom stereocenters.